The van der Waals surface area contributed by atoms with Gasteiger partial charge in [0, 0.05) is 25.7 Å². The van der Waals surface area contributed by atoms with Crippen LogP contribution < -0.4 is 0 Å². The molecule has 2 aliphatic rings. The lowest BCUT2D eigenvalue weighted by Crippen LogP contribution is -2.56. The number of carbonyl (C=O) groups is 4. The minimum atomic E-state index is -1.02. The molecule has 2 saturated heterocycles. The third-order valence-electron chi connectivity index (χ3n) is 11.0. The van der Waals surface area contributed by atoms with Gasteiger partial charge in [-0.25, -0.2) is 0 Å². The zero-order valence-electron chi connectivity index (χ0n) is 33.6. The maximum atomic E-state index is 13.4. The van der Waals surface area contributed by atoms with E-state index in [1.807, 2.05) is 27.7 Å². The lowest BCUT2D eigenvalue weighted by molar-refractivity contribution is -0.314. The average molecular weight is 869 g/mol. The van der Waals surface area contributed by atoms with Gasteiger partial charge < -0.3 is 38.3 Å². The summed E-state index contributed by atoms with van der Waals surface area (Å²) in [5.74, 6) is -2.61. The molecular formula is C40H69IO12. The predicted octanol–water partition coefficient (Wildman–Crippen LogP) is 8.18. The van der Waals surface area contributed by atoms with Gasteiger partial charge in [0.1, 0.15) is 6.10 Å². The molecule has 2 rings (SSSR count). The normalized spacial score (nSPS) is 29.9. The molecule has 2 heterocycles. The molecule has 12 atom stereocenters. The highest BCUT2D eigenvalue weighted by atomic mass is 127. The molecule has 13 heteroatoms. The maximum absolute atomic E-state index is 13.4. The highest BCUT2D eigenvalue weighted by molar-refractivity contribution is 14.1. The Bertz CT molecular complexity index is 1090. The van der Waals surface area contributed by atoms with Crippen molar-refractivity contribution < 1.29 is 57.4 Å². The fraction of sp³-hybridized carbons (Fsp3) is 0.900. The van der Waals surface area contributed by atoms with Gasteiger partial charge in [-0.2, -0.15) is 0 Å². The van der Waals surface area contributed by atoms with Gasteiger partial charge in [0.15, 0.2) is 24.8 Å². The third-order valence-corrected chi connectivity index (χ3v) is 11.7. The number of aliphatic carboxylic acids is 1. The van der Waals surface area contributed by atoms with Crippen molar-refractivity contribution in [1.82, 2.24) is 0 Å². The molecule has 2 aliphatic heterocycles. The fourth-order valence-electron chi connectivity index (χ4n) is 7.18. The minimum Gasteiger partial charge on any atom is -0.481 e. The molecule has 0 aromatic rings. The van der Waals surface area contributed by atoms with Gasteiger partial charge in [-0.15, -0.1) is 0 Å². The van der Waals surface area contributed by atoms with Gasteiger partial charge in [0.25, 0.3) is 0 Å². The summed E-state index contributed by atoms with van der Waals surface area (Å²) in [4.78, 5) is 49.2. The summed E-state index contributed by atoms with van der Waals surface area (Å²) in [5, 5.41) is 9.46. The number of carboxylic acid groups (broad SMARTS) is 1. The molecule has 1 N–H and O–H groups in total. The quantitative estimate of drug-likeness (QED) is 0.0310. The molecule has 2 fully saturated rings. The van der Waals surface area contributed by atoms with E-state index in [-0.39, 0.29) is 49.2 Å². The van der Waals surface area contributed by atoms with Crippen LogP contribution >= 0.6 is 22.6 Å². The molecule has 308 valence electrons. The number of unbranched alkanes of at least 4 members (excludes halogenated alkanes) is 8. The summed E-state index contributed by atoms with van der Waals surface area (Å²) < 4.78 is 44.0. The van der Waals surface area contributed by atoms with E-state index in [0.717, 1.165) is 44.9 Å². The van der Waals surface area contributed by atoms with Gasteiger partial charge in [0.2, 0.25) is 0 Å². The number of esters is 3. The van der Waals surface area contributed by atoms with Gasteiger partial charge >= 0.3 is 23.9 Å². The second kappa shape index (κ2) is 25.6. The minimum absolute atomic E-state index is 0.000952. The van der Waals surface area contributed by atoms with Gasteiger partial charge in [-0.1, -0.05) is 109 Å². The van der Waals surface area contributed by atoms with Crippen LogP contribution in [0.15, 0.2) is 0 Å². The van der Waals surface area contributed by atoms with E-state index < -0.39 is 67.0 Å². The Morgan fingerprint density at radius 3 is 1.81 bits per heavy atom. The van der Waals surface area contributed by atoms with Crippen molar-refractivity contribution in [3.05, 3.63) is 0 Å². The number of rotatable bonds is 25. The van der Waals surface area contributed by atoms with E-state index >= 15 is 0 Å². The molecule has 0 radical (unpaired) electrons. The van der Waals surface area contributed by atoms with Crippen LogP contribution in [0.4, 0.5) is 0 Å². The first-order valence-corrected chi connectivity index (χ1v) is 21.6. The van der Waals surface area contributed by atoms with Crippen molar-refractivity contribution in [1.29, 1.82) is 0 Å². The van der Waals surface area contributed by atoms with Gasteiger partial charge in [-0.05, 0) is 48.9 Å². The first-order valence-electron chi connectivity index (χ1n) is 20.1. The molecule has 12 nitrogen and oxygen atoms in total. The van der Waals surface area contributed by atoms with Crippen LogP contribution in [-0.2, 0) is 52.3 Å². The van der Waals surface area contributed by atoms with E-state index in [2.05, 4.69) is 36.4 Å². The topological polar surface area (TPSA) is 153 Å². The lowest BCUT2D eigenvalue weighted by atomic mass is 9.83. The fourth-order valence-corrected chi connectivity index (χ4v) is 7.72. The van der Waals surface area contributed by atoms with Crippen molar-refractivity contribution in [2.24, 2.45) is 23.7 Å². The van der Waals surface area contributed by atoms with E-state index in [1.54, 1.807) is 0 Å². The average Bonchev–Trinajstić information content (AvgIpc) is 3.08. The highest BCUT2D eigenvalue weighted by Gasteiger charge is 2.47. The summed E-state index contributed by atoms with van der Waals surface area (Å²) in [5.41, 5.74) is 0. The first-order chi connectivity index (χ1) is 25.2. The molecule has 0 bridgehead atoms. The Kier molecular flexibility index (Phi) is 23.0. The second-order valence-electron chi connectivity index (χ2n) is 15.3. The van der Waals surface area contributed by atoms with Gasteiger partial charge in [0.05, 0.1) is 37.8 Å². The first kappa shape index (κ1) is 47.6. The molecule has 0 aromatic carbocycles. The Hall–Kier alpha value is -1.55. The summed E-state index contributed by atoms with van der Waals surface area (Å²) in [6, 6.07) is 0. The lowest BCUT2D eigenvalue weighted by Gasteiger charge is -2.46. The molecular weight excluding hydrogens is 799 g/mol. The van der Waals surface area contributed by atoms with E-state index in [4.69, 9.17) is 33.2 Å². The third kappa shape index (κ3) is 17.4. The summed E-state index contributed by atoms with van der Waals surface area (Å²) in [6.45, 7) is 14.9. The van der Waals surface area contributed by atoms with Crippen molar-refractivity contribution in [2.45, 2.75) is 194 Å². The molecule has 0 aliphatic carbocycles. The molecule has 0 amide bonds. The van der Waals surface area contributed by atoms with Crippen LogP contribution in [0.1, 0.15) is 145 Å². The number of hydrogen-bond acceptors (Lipinski definition) is 11. The Balaban J connectivity index is 2.24. The Labute approximate surface area is 331 Å². The Morgan fingerprint density at radius 2 is 1.23 bits per heavy atom. The van der Waals surface area contributed by atoms with Gasteiger partial charge in [-0.3, -0.25) is 19.2 Å². The maximum Gasteiger partial charge on any atom is 0.308 e. The second-order valence-corrected chi connectivity index (χ2v) is 16.4. The number of carboxylic acids is 1. The number of ether oxygens (including phenoxy) is 7. The largest absolute Gasteiger partial charge is 0.481 e. The monoisotopic (exact) mass is 868 g/mol. The molecule has 0 spiro atoms. The number of hydrogen-bond donors (Lipinski definition) is 1. The van der Waals surface area contributed by atoms with Crippen molar-refractivity contribution in [3.63, 3.8) is 0 Å². The summed E-state index contributed by atoms with van der Waals surface area (Å²) in [6.07, 6.45) is 5.91. The van der Waals surface area contributed by atoms with Crippen LogP contribution in [0.5, 0.6) is 0 Å². The zero-order valence-corrected chi connectivity index (χ0v) is 35.7. The smallest absolute Gasteiger partial charge is 0.308 e. The van der Waals surface area contributed by atoms with Crippen LogP contribution in [0.25, 0.3) is 0 Å². The van der Waals surface area contributed by atoms with E-state index in [1.165, 1.54) is 37.5 Å². The number of halogens is 1. The van der Waals surface area contributed by atoms with Crippen molar-refractivity contribution in [2.75, 3.05) is 11.0 Å². The van der Waals surface area contributed by atoms with E-state index in [0.29, 0.717) is 12.8 Å². The van der Waals surface area contributed by atoms with Crippen molar-refractivity contribution in [3.8, 4) is 0 Å². The van der Waals surface area contributed by atoms with E-state index in [9.17, 15) is 24.3 Å². The molecule has 0 saturated carbocycles. The summed E-state index contributed by atoms with van der Waals surface area (Å²) >= 11 is 2.41. The van der Waals surface area contributed by atoms with Crippen LogP contribution in [0.3, 0.4) is 0 Å². The molecule has 53 heavy (non-hydrogen) atoms. The standard InChI is InChI=1S/C40H69IO12/c1-9-10-16-19-32(22-35(44)45)51-36(46)23-33(20-17-14-12-11-13-15-18-21-41)52-40-38(50-31(8)43)28(5)26(3)34(53-40)24-47-39-37(49-30(7)42)27(4)25(2)29(6)48-39/h25-29,32-34,37-40H,9-24H2,1-8H3,(H,44,45)/t25-,26+,27?,28+,29+,32?,33?,34?,37?,38?,39-,40?/m1/s1. The Morgan fingerprint density at radius 1 is 0.679 bits per heavy atom. The SMILES string of the molecule is CCCCCC(CC(=O)O)OC(=O)CC(CCCCCCCCCI)OC1OC(CO[C@@H]2O[C@@H](C)[C@H](C)C(C)C2OC(C)=O)[C@@H](C)[C@H](C)C1OC(C)=O. The van der Waals surface area contributed by atoms with Crippen LogP contribution in [0.2, 0.25) is 0 Å². The van der Waals surface area contributed by atoms with Crippen LogP contribution in [0, 0.1) is 23.7 Å². The number of carbonyl (C=O) groups excluding carboxylic acids is 3. The zero-order chi connectivity index (χ0) is 39.5. The summed E-state index contributed by atoms with van der Waals surface area (Å²) in [7, 11) is 0. The number of alkyl halides is 1. The molecule has 0 aromatic heterocycles. The van der Waals surface area contributed by atoms with Crippen molar-refractivity contribution >= 4 is 46.5 Å². The predicted molar refractivity (Wildman–Crippen MR) is 208 cm³/mol. The molecule has 7 unspecified atom stereocenters. The highest BCUT2D eigenvalue weighted by Crippen LogP contribution is 2.37. The van der Waals surface area contributed by atoms with Crippen LogP contribution in [-0.4, -0.2) is 89.2 Å².